The van der Waals surface area contributed by atoms with Crippen LogP contribution < -0.4 is 14.3 Å². The zero-order valence-corrected chi connectivity index (χ0v) is 14.5. The van der Waals surface area contributed by atoms with Gasteiger partial charge in [-0.15, -0.1) is 0 Å². The molecule has 0 amide bonds. The van der Waals surface area contributed by atoms with Crippen LogP contribution in [0.25, 0.3) is 11.3 Å². The van der Waals surface area contributed by atoms with E-state index in [1.165, 1.54) is 19.3 Å². The lowest BCUT2D eigenvalue weighted by Gasteiger charge is -2.12. The summed E-state index contributed by atoms with van der Waals surface area (Å²) in [5.74, 6) is 1.48. The topological polar surface area (TPSA) is 22.3 Å². The zero-order chi connectivity index (χ0) is 16.5. The molecule has 0 N–H and O–H groups in total. The van der Waals surface area contributed by atoms with E-state index in [9.17, 15) is 0 Å². The first-order chi connectivity index (χ1) is 11.3. The van der Waals surface area contributed by atoms with Crippen molar-refractivity contribution >= 4 is 0 Å². The van der Waals surface area contributed by atoms with Gasteiger partial charge in [-0.3, -0.25) is 4.84 Å². The van der Waals surface area contributed by atoms with E-state index in [1.807, 2.05) is 35.2 Å². The molecule has 1 heterocycles. The third kappa shape index (κ3) is 4.98. The van der Waals surface area contributed by atoms with Crippen LogP contribution in [0, 0.1) is 5.92 Å². The van der Waals surface area contributed by atoms with Crippen LogP contribution in [0.5, 0.6) is 5.75 Å². The lowest BCUT2D eigenvalue weighted by molar-refractivity contribution is -0.884. The van der Waals surface area contributed by atoms with Crippen LogP contribution in [0.1, 0.15) is 39.5 Å². The number of methoxy groups -OCH3 is 1. The Bertz CT molecular complexity index is 580. The average Bonchev–Trinajstić information content (AvgIpc) is 2.62. The number of hydrogen-bond acceptors (Lipinski definition) is 2. The second-order valence-electron chi connectivity index (χ2n) is 5.85. The van der Waals surface area contributed by atoms with Crippen LogP contribution in [-0.4, -0.2) is 13.7 Å². The highest BCUT2D eigenvalue weighted by molar-refractivity contribution is 5.56. The Morgan fingerprint density at radius 1 is 1.04 bits per heavy atom. The number of pyridine rings is 1. The SMILES string of the molecule is CCCCC(CC)CO[n+]1ccccc1-c1ccc(OC)cc1. The smallest absolute Gasteiger partial charge is 0.264 e. The Morgan fingerprint density at radius 3 is 2.48 bits per heavy atom. The van der Waals surface area contributed by atoms with Crippen LogP contribution in [0.2, 0.25) is 0 Å². The first-order valence-corrected chi connectivity index (χ1v) is 8.56. The minimum absolute atomic E-state index is 0.617. The Morgan fingerprint density at radius 2 is 1.83 bits per heavy atom. The van der Waals surface area contributed by atoms with Crippen LogP contribution in [0.4, 0.5) is 0 Å². The van der Waals surface area contributed by atoms with Crippen LogP contribution in [-0.2, 0) is 0 Å². The highest BCUT2D eigenvalue weighted by atomic mass is 16.7. The molecular formula is C20H28NO2+. The lowest BCUT2D eigenvalue weighted by Crippen LogP contribution is -2.46. The van der Waals surface area contributed by atoms with E-state index in [-0.39, 0.29) is 0 Å². The van der Waals surface area contributed by atoms with Crippen molar-refractivity contribution in [1.82, 2.24) is 0 Å². The molecule has 0 aliphatic rings. The maximum Gasteiger partial charge on any atom is 0.264 e. The molecule has 0 aliphatic heterocycles. The standard InChI is InChI=1S/C20H28NO2/c1-4-6-9-17(5-2)16-23-21-15-8-7-10-20(21)18-11-13-19(22-3)14-12-18/h7-8,10-15,17H,4-6,9,16H2,1-3H3/q+1. The predicted molar refractivity (Wildman–Crippen MR) is 93.4 cm³/mol. The molecule has 3 heteroatoms. The van der Waals surface area contributed by atoms with Crippen LogP contribution >= 0.6 is 0 Å². The monoisotopic (exact) mass is 314 g/mol. The van der Waals surface area contributed by atoms with Gasteiger partial charge in [-0.05, 0) is 49.1 Å². The lowest BCUT2D eigenvalue weighted by atomic mass is 10.0. The molecule has 0 radical (unpaired) electrons. The molecule has 0 bridgehead atoms. The Labute approximate surface area is 139 Å². The molecule has 0 aliphatic carbocycles. The van der Waals surface area contributed by atoms with Crippen LogP contribution in [0.3, 0.4) is 0 Å². The summed E-state index contributed by atoms with van der Waals surface area (Å²) in [7, 11) is 1.68. The fraction of sp³-hybridized carbons (Fsp3) is 0.450. The molecule has 23 heavy (non-hydrogen) atoms. The first kappa shape index (κ1) is 17.3. The highest BCUT2D eigenvalue weighted by Crippen LogP contribution is 2.19. The molecule has 0 saturated heterocycles. The van der Waals surface area contributed by atoms with Crippen molar-refractivity contribution in [2.24, 2.45) is 5.92 Å². The van der Waals surface area contributed by atoms with Crippen molar-refractivity contribution in [2.75, 3.05) is 13.7 Å². The van der Waals surface area contributed by atoms with E-state index in [2.05, 4.69) is 32.0 Å². The first-order valence-electron chi connectivity index (χ1n) is 8.56. The third-order valence-corrected chi connectivity index (χ3v) is 4.20. The molecule has 1 atom stereocenters. The summed E-state index contributed by atoms with van der Waals surface area (Å²) in [4.78, 5) is 6.08. The highest BCUT2D eigenvalue weighted by Gasteiger charge is 2.16. The summed E-state index contributed by atoms with van der Waals surface area (Å²) in [6, 6.07) is 14.2. The fourth-order valence-corrected chi connectivity index (χ4v) is 2.61. The molecule has 124 valence electrons. The van der Waals surface area contributed by atoms with E-state index in [1.54, 1.807) is 7.11 Å². The van der Waals surface area contributed by atoms with Gasteiger partial charge in [0.25, 0.3) is 5.69 Å². The summed E-state index contributed by atoms with van der Waals surface area (Å²) in [5.41, 5.74) is 2.17. The summed E-state index contributed by atoms with van der Waals surface area (Å²) >= 11 is 0. The molecule has 2 rings (SSSR count). The second kappa shape index (κ2) is 9.19. The summed E-state index contributed by atoms with van der Waals surface area (Å²) in [5, 5.41) is 0. The number of ether oxygens (including phenoxy) is 1. The molecule has 0 fully saturated rings. The molecule has 0 spiro atoms. The molecular weight excluding hydrogens is 286 g/mol. The van der Waals surface area contributed by atoms with Gasteiger partial charge < -0.3 is 4.74 Å². The molecule has 1 unspecified atom stereocenters. The van der Waals surface area contributed by atoms with Gasteiger partial charge in [-0.2, -0.15) is 0 Å². The summed E-state index contributed by atoms with van der Waals surface area (Å²) < 4.78 is 7.11. The number of benzene rings is 1. The van der Waals surface area contributed by atoms with Crippen molar-refractivity contribution in [1.29, 1.82) is 0 Å². The number of hydrogen-bond donors (Lipinski definition) is 0. The Kier molecular flexibility index (Phi) is 6.92. The Hall–Kier alpha value is -2.03. The van der Waals surface area contributed by atoms with Gasteiger partial charge in [-0.25, -0.2) is 0 Å². The normalized spacial score (nSPS) is 12.0. The number of rotatable bonds is 9. The molecule has 1 aromatic carbocycles. The third-order valence-electron chi connectivity index (χ3n) is 4.20. The number of aromatic nitrogens is 1. The quantitative estimate of drug-likeness (QED) is 0.644. The predicted octanol–water partition coefficient (Wildman–Crippen LogP) is 4.29. The average molecular weight is 314 g/mol. The van der Waals surface area contributed by atoms with Crippen molar-refractivity contribution in [3.8, 4) is 17.0 Å². The van der Waals surface area contributed by atoms with Gasteiger partial charge in [0.1, 0.15) is 5.75 Å². The summed E-state index contributed by atoms with van der Waals surface area (Å²) in [6.07, 6.45) is 6.88. The fourth-order valence-electron chi connectivity index (χ4n) is 2.61. The van der Waals surface area contributed by atoms with E-state index in [0.29, 0.717) is 5.92 Å². The van der Waals surface area contributed by atoms with E-state index < -0.39 is 0 Å². The number of unbranched alkanes of at least 4 members (excludes halogenated alkanes) is 1. The minimum atomic E-state index is 0.617. The van der Waals surface area contributed by atoms with Gasteiger partial charge in [-0.1, -0.05) is 26.7 Å². The van der Waals surface area contributed by atoms with Gasteiger partial charge in [0.15, 0.2) is 6.61 Å². The minimum Gasteiger partial charge on any atom is -0.497 e. The zero-order valence-electron chi connectivity index (χ0n) is 14.5. The molecule has 1 aromatic heterocycles. The van der Waals surface area contributed by atoms with Crippen molar-refractivity contribution < 1.29 is 14.3 Å². The van der Waals surface area contributed by atoms with Gasteiger partial charge in [0.05, 0.1) is 12.7 Å². The van der Waals surface area contributed by atoms with Crippen LogP contribution in [0.15, 0.2) is 48.7 Å². The largest absolute Gasteiger partial charge is 0.497 e. The summed E-state index contributed by atoms with van der Waals surface area (Å²) in [6.45, 7) is 5.24. The van der Waals surface area contributed by atoms with Crippen molar-refractivity contribution in [3.05, 3.63) is 48.7 Å². The van der Waals surface area contributed by atoms with E-state index in [4.69, 9.17) is 9.57 Å². The maximum absolute atomic E-state index is 6.08. The van der Waals surface area contributed by atoms with E-state index in [0.717, 1.165) is 30.0 Å². The maximum atomic E-state index is 6.08. The molecule has 0 saturated carbocycles. The van der Waals surface area contributed by atoms with Gasteiger partial charge in [0.2, 0.25) is 6.20 Å². The Balaban J connectivity index is 2.10. The van der Waals surface area contributed by atoms with Gasteiger partial charge >= 0.3 is 0 Å². The number of nitrogens with zero attached hydrogens (tertiary/aromatic N) is 1. The van der Waals surface area contributed by atoms with Gasteiger partial charge in [0, 0.05) is 16.9 Å². The van der Waals surface area contributed by atoms with Crippen molar-refractivity contribution in [2.45, 2.75) is 39.5 Å². The molecule has 2 aromatic rings. The molecule has 3 nitrogen and oxygen atoms in total. The second-order valence-corrected chi connectivity index (χ2v) is 5.85. The van der Waals surface area contributed by atoms with E-state index >= 15 is 0 Å². The van der Waals surface area contributed by atoms with Crippen molar-refractivity contribution in [3.63, 3.8) is 0 Å².